The molecular weight excluding hydrogens is 158 g/mol. The Morgan fingerprint density at radius 2 is 1.83 bits per heavy atom. The van der Waals surface area contributed by atoms with E-state index in [0.29, 0.717) is 0 Å². The molecule has 0 atom stereocenters. The number of allylic oxidation sites excluding steroid dienone is 1. The molecule has 2 heteroatoms. The second-order valence-electron chi connectivity index (χ2n) is 2.54. The van der Waals surface area contributed by atoms with Crippen molar-refractivity contribution in [1.82, 2.24) is 0 Å². The average molecular weight is 168 g/mol. The van der Waals surface area contributed by atoms with Gasteiger partial charge in [-0.2, -0.15) is 0 Å². The van der Waals surface area contributed by atoms with E-state index in [1.807, 2.05) is 0 Å². The number of alkyl halides is 2. The molecule has 0 spiro atoms. The van der Waals surface area contributed by atoms with Crippen molar-refractivity contribution < 1.29 is 8.78 Å². The van der Waals surface area contributed by atoms with Gasteiger partial charge in [0.2, 0.25) is 0 Å². The van der Waals surface area contributed by atoms with Gasteiger partial charge in [0.05, 0.1) is 0 Å². The summed E-state index contributed by atoms with van der Waals surface area (Å²) in [5, 5.41) is 0. The van der Waals surface area contributed by atoms with E-state index in [4.69, 9.17) is 0 Å². The van der Waals surface area contributed by atoms with Gasteiger partial charge in [0, 0.05) is 5.56 Å². The molecule has 0 saturated heterocycles. The summed E-state index contributed by atoms with van der Waals surface area (Å²) in [7, 11) is 0. The van der Waals surface area contributed by atoms with Gasteiger partial charge in [-0.05, 0) is 12.0 Å². The van der Waals surface area contributed by atoms with Gasteiger partial charge >= 0.3 is 0 Å². The van der Waals surface area contributed by atoms with Gasteiger partial charge in [-0.3, -0.25) is 0 Å². The highest BCUT2D eigenvalue weighted by atomic mass is 19.3. The number of hydrogen-bond acceptors (Lipinski definition) is 0. The van der Waals surface area contributed by atoms with Crippen molar-refractivity contribution in [2.45, 2.75) is 12.8 Å². The lowest BCUT2D eigenvalue weighted by Crippen LogP contribution is -1.85. The Bertz CT molecular complexity index is 249. The highest BCUT2D eigenvalue weighted by molar-refractivity contribution is 5.24. The Hall–Kier alpha value is -1.18. The van der Waals surface area contributed by atoms with E-state index in [0.717, 1.165) is 12.0 Å². The molecule has 0 saturated carbocycles. The molecule has 0 heterocycles. The highest BCUT2D eigenvalue weighted by Crippen LogP contribution is 2.18. The minimum Gasteiger partial charge on any atom is -0.205 e. The minimum atomic E-state index is -2.37. The van der Waals surface area contributed by atoms with Crippen LogP contribution >= 0.6 is 0 Å². The van der Waals surface area contributed by atoms with E-state index in [9.17, 15) is 8.78 Å². The molecule has 0 aliphatic carbocycles. The lowest BCUT2D eigenvalue weighted by Gasteiger charge is -2.00. The molecule has 1 aromatic carbocycles. The van der Waals surface area contributed by atoms with Gasteiger partial charge in [-0.15, -0.1) is 6.58 Å². The van der Waals surface area contributed by atoms with Crippen LogP contribution in [0.4, 0.5) is 8.78 Å². The smallest absolute Gasteiger partial charge is 0.205 e. The van der Waals surface area contributed by atoms with Crippen molar-refractivity contribution in [3.8, 4) is 0 Å². The molecule has 1 aromatic rings. The molecule has 0 radical (unpaired) electrons. The van der Waals surface area contributed by atoms with Crippen molar-refractivity contribution in [2.75, 3.05) is 0 Å². The normalized spacial score (nSPS) is 10.2. The fraction of sp³-hybridized carbons (Fsp3) is 0.200. The highest BCUT2D eigenvalue weighted by Gasteiger charge is 2.04. The number of halogens is 2. The Morgan fingerprint density at radius 3 is 2.25 bits per heavy atom. The van der Waals surface area contributed by atoms with Crippen molar-refractivity contribution in [3.05, 3.63) is 48.0 Å². The van der Waals surface area contributed by atoms with Crippen molar-refractivity contribution in [1.29, 1.82) is 0 Å². The van der Waals surface area contributed by atoms with Crippen LogP contribution in [0.5, 0.6) is 0 Å². The van der Waals surface area contributed by atoms with E-state index >= 15 is 0 Å². The quantitative estimate of drug-likeness (QED) is 0.607. The van der Waals surface area contributed by atoms with Crippen molar-refractivity contribution in [3.63, 3.8) is 0 Å². The van der Waals surface area contributed by atoms with Crippen LogP contribution in [0.2, 0.25) is 0 Å². The first-order valence-corrected chi connectivity index (χ1v) is 3.72. The average Bonchev–Trinajstić information content (AvgIpc) is 2.06. The minimum absolute atomic E-state index is 0.0720. The monoisotopic (exact) mass is 168 g/mol. The maximum atomic E-state index is 12.1. The molecule has 1 rings (SSSR count). The van der Waals surface area contributed by atoms with Crippen molar-refractivity contribution >= 4 is 0 Å². The molecule has 0 nitrogen and oxygen atoms in total. The summed E-state index contributed by atoms with van der Waals surface area (Å²) in [6.45, 7) is 3.57. The summed E-state index contributed by atoms with van der Waals surface area (Å²) in [4.78, 5) is 0. The molecular formula is C10H10F2. The Labute approximate surface area is 70.5 Å². The standard InChI is InChI=1S/C10H10F2/c1-2-3-8-4-6-9(7-5-8)10(11)12/h2,4-7,10H,1,3H2. The maximum absolute atomic E-state index is 12.1. The molecule has 0 fully saturated rings. The lowest BCUT2D eigenvalue weighted by atomic mass is 10.1. The zero-order valence-electron chi connectivity index (χ0n) is 6.63. The van der Waals surface area contributed by atoms with Crippen LogP contribution in [0.15, 0.2) is 36.9 Å². The van der Waals surface area contributed by atoms with E-state index in [1.54, 1.807) is 18.2 Å². The molecule has 0 aliphatic rings. The first-order chi connectivity index (χ1) is 5.74. The van der Waals surface area contributed by atoms with Gasteiger partial charge in [0.25, 0.3) is 6.43 Å². The van der Waals surface area contributed by atoms with Crippen LogP contribution in [0, 0.1) is 0 Å². The Morgan fingerprint density at radius 1 is 1.25 bits per heavy atom. The second kappa shape index (κ2) is 4.00. The maximum Gasteiger partial charge on any atom is 0.263 e. The first kappa shape index (κ1) is 8.91. The van der Waals surface area contributed by atoms with Crippen LogP contribution < -0.4 is 0 Å². The Balaban J connectivity index is 2.78. The zero-order valence-corrected chi connectivity index (χ0v) is 6.63. The van der Waals surface area contributed by atoms with E-state index in [-0.39, 0.29) is 5.56 Å². The third kappa shape index (κ3) is 2.16. The van der Waals surface area contributed by atoms with E-state index < -0.39 is 6.43 Å². The Kier molecular flexibility index (Phi) is 2.97. The summed E-state index contributed by atoms with van der Waals surface area (Å²) in [6, 6.07) is 6.29. The molecule has 0 unspecified atom stereocenters. The van der Waals surface area contributed by atoms with Gasteiger partial charge in [-0.25, -0.2) is 8.78 Å². The predicted octanol–water partition coefficient (Wildman–Crippen LogP) is 3.35. The summed E-state index contributed by atoms with van der Waals surface area (Å²) in [6.07, 6.45) is 0.101. The van der Waals surface area contributed by atoms with E-state index in [2.05, 4.69) is 6.58 Å². The van der Waals surface area contributed by atoms with Gasteiger partial charge in [0.1, 0.15) is 0 Å². The largest absolute Gasteiger partial charge is 0.263 e. The van der Waals surface area contributed by atoms with Crippen LogP contribution in [0.3, 0.4) is 0 Å². The molecule has 0 amide bonds. The second-order valence-corrected chi connectivity index (χ2v) is 2.54. The van der Waals surface area contributed by atoms with Crippen LogP contribution in [0.1, 0.15) is 17.6 Å². The fourth-order valence-electron chi connectivity index (χ4n) is 0.966. The summed E-state index contributed by atoms with van der Waals surface area (Å²) >= 11 is 0. The summed E-state index contributed by atoms with van der Waals surface area (Å²) in [5.74, 6) is 0. The first-order valence-electron chi connectivity index (χ1n) is 3.72. The van der Waals surface area contributed by atoms with Gasteiger partial charge in [0.15, 0.2) is 0 Å². The number of benzene rings is 1. The van der Waals surface area contributed by atoms with Crippen LogP contribution in [-0.4, -0.2) is 0 Å². The van der Waals surface area contributed by atoms with Crippen LogP contribution in [0.25, 0.3) is 0 Å². The van der Waals surface area contributed by atoms with Gasteiger partial charge < -0.3 is 0 Å². The molecule has 0 N–H and O–H groups in total. The topological polar surface area (TPSA) is 0 Å². The molecule has 0 aliphatic heterocycles. The molecule has 0 aromatic heterocycles. The molecule has 0 bridgehead atoms. The lowest BCUT2D eigenvalue weighted by molar-refractivity contribution is 0.151. The number of hydrogen-bond donors (Lipinski definition) is 0. The number of rotatable bonds is 3. The predicted molar refractivity (Wildman–Crippen MR) is 45.3 cm³/mol. The SMILES string of the molecule is C=CCc1ccc(C(F)F)cc1. The zero-order chi connectivity index (χ0) is 8.97. The molecule has 12 heavy (non-hydrogen) atoms. The van der Waals surface area contributed by atoms with E-state index in [1.165, 1.54) is 12.1 Å². The third-order valence-electron chi connectivity index (χ3n) is 1.61. The fourth-order valence-corrected chi connectivity index (χ4v) is 0.966. The summed E-state index contributed by atoms with van der Waals surface area (Å²) < 4.78 is 24.1. The van der Waals surface area contributed by atoms with Gasteiger partial charge in [-0.1, -0.05) is 30.3 Å². The van der Waals surface area contributed by atoms with Crippen LogP contribution in [-0.2, 0) is 6.42 Å². The summed E-state index contributed by atoms with van der Waals surface area (Å²) in [5.41, 5.74) is 1.08. The third-order valence-corrected chi connectivity index (χ3v) is 1.61. The molecule has 64 valence electrons. The van der Waals surface area contributed by atoms with Crippen molar-refractivity contribution in [2.24, 2.45) is 0 Å².